The molecular formula is C25H29F5O. The first kappa shape index (κ1) is 23.6. The standard InChI is InChI=1S/C25H29F5O/c1-2-3-4-5-6-17-7-10-19(22(26)16-17)11-8-18-9-13-21-20(15-18)12-14-23(24(21)27)31-25(28,29)30/h7,10,12,14,16,18H,2-6,8-9,11,13,15H2,1H3. The van der Waals surface area contributed by atoms with E-state index in [2.05, 4.69) is 11.7 Å². The Balaban J connectivity index is 1.55. The molecule has 0 amide bonds. The molecule has 1 nitrogen and oxygen atoms in total. The summed E-state index contributed by atoms with van der Waals surface area (Å²) >= 11 is 0. The third-order valence-corrected chi connectivity index (χ3v) is 6.10. The predicted molar refractivity (Wildman–Crippen MR) is 111 cm³/mol. The van der Waals surface area contributed by atoms with Crippen molar-refractivity contribution in [1.82, 2.24) is 0 Å². The molecule has 0 saturated heterocycles. The normalized spacial score (nSPS) is 16.3. The largest absolute Gasteiger partial charge is 0.573 e. The summed E-state index contributed by atoms with van der Waals surface area (Å²) in [6.07, 6.45) is 3.54. The quantitative estimate of drug-likeness (QED) is 0.286. The molecule has 1 atom stereocenters. The van der Waals surface area contributed by atoms with Crippen molar-refractivity contribution < 1.29 is 26.7 Å². The lowest BCUT2D eigenvalue weighted by Crippen LogP contribution is -2.20. The van der Waals surface area contributed by atoms with Crippen molar-refractivity contribution in [3.63, 3.8) is 0 Å². The molecule has 1 aliphatic carbocycles. The Bertz CT molecular complexity index is 875. The average molecular weight is 440 g/mol. The Morgan fingerprint density at radius 1 is 1.00 bits per heavy atom. The fourth-order valence-corrected chi connectivity index (χ4v) is 4.38. The molecule has 0 heterocycles. The molecule has 0 aliphatic heterocycles. The van der Waals surface area contributed by atoms with Crippen LogP contribution >= 0.6 is 0 Å². The van der Waals surface area contributed by atoms with Crippen molar-refractivity contribution in [1.29, 1.82) is 0 Å². The molecule has 3 rings (SSSR count). The molecule has 6 heteroatoms. The highest BCUT2D eigenvalue weighted by atomic mass is 19.4. The van der Waals surface area contributed by atoms with Gasteiger partial charge in [-0.3, -0.25) is 0 Å². The fraction of sp³-hybridized carbons (Fsp3) is 0.520. The second-order valence-electron chi connectivity index (χ2n) is 8.45. The maximum atomic E-state index is 14.5. The molecular weight excluding hydrogens is 411 g/mol. The maximum Gasteiger partial charge on any atom is 0.573 e. The SMILES string of the molecule is CCCCCCc1ccc(CCC2CCc3c(ccc(OC(F)(F)F)c3F)C2)c(F)c1. The maximum absolute atomic E-state index is 14.5. The van der Waals surface area contributed by atoms with Gasteiger partial charge in [-0.15, -0.1) is 13.2 Å². The number of hydrogen-bond acceptors (Lipinski definition) is 1. The van der Waals surface area contributed by atoms with Crippen molar-refractivity contribution in [2.75, 3.05) is 0 Å². The van der Waals surface area contributed by atoms with Gasteiger partial charge in [0.25, 0.3) is 0 Å². The van der Waals surface area contributed by atoms with Crippen LogP contribution in [0, 0.1) is 17.6 Å². The summed E-state index contributed by atoms with van der Waals surface area (Å²) in [6.45, 7) is 2.16. The highest BCUT2D eigenvalue weighted by molar-refractivity contribution is 5.39. The number of hydrogen-bond donors (Lipinski definition) is 0. The van der Waals surface area contributed by atoms with Crippen molar-refractivity contribution in [3.8, 4) is 5.75 Å². The van der Waals surface area contributed by atoms with E-state index in [1.807, 2.05) is 12.1 Å². The van der Waals surface area contributed by atoms with Gasteiger partial charge in [-0.25, -0.2) is 8.78 Å². The fourth-order valence-electron chi connectivity index (χ4n) is 4.38. The topological polar surface area (TPSA) is 9.23 Å². The van der Waals surface area contributed by atoms with Crippen molar-refractivity contribution in [3.05, 3.63) is 64.2 Å². The minimum atomic E-state index is -4.92. The van der Waals surface area contributed by atoms with Crippen LogP contribution in [-0.2, 0) is 25.7 Å². The van der Waals surface area contributed by atoms with Crippen molar-refractivity contribution >= 4 is 0 Å². The van der Waals surface area contributed by atoms with E-state index >= 15 is 0 Å². The van der Waals surface area contributed by atoms with Crippen LogP contribution in [0.1, 0.15) is 67.7 Å². The van der Waals surface area contributed by atoms with Gasteiger partial charge in [0.05, 0.1) is 0 Å². The minimum Gasteiger partial charge on any atom is -0.403 e. The number of fused-ring (bicyclic) bond motifs is 1. The predicted octanol–water partition coefficient (Wildman–Crippen LogP) is 7.72. The number of ether oxygens (including phenoxy) is 1. The van der Waals surface area contributed by atoms with Crippen LogP contribution in [-0.4, -0.2) is 6.36 Å². The number of aryl methyl sites for hydroxylation is 2. The first-order valence-electron chi connectivity index (χ1n) is 11.1. The summed E-state index contributed by atoms with van der Waals surface area (Å²) in [5.74, 6) is -1.63. The van der Waals surface area contributed by atoms with Gasteiger partial charge in [0, 0.05) is 0 Å². The van der Waals surface area contributed by atoms with Crippen LogP contribution in [0.2, 0.25) is 0 Å². The monoisotopic (exact) mass is 440 g/mol. The van der Waals surface area contributed by atoms with E-state index in [1.54, 1.807) is 6.07 Å². The van der Waals surface area contributed by atoms with E-state index in [4.69, 9.17) is 0 Å². The molecule has 0 bridgehead atoms. The van der Waals surface area contributed by atoms with E-state index in [1.165, 1.54) is 18.9 Å². The molecule has 1 unspecified atom stereocenters. The minimum absolute atomic E-state index is 0.177. The summed E-state index contributed by atoms with van der Waals surface area (Å²) in [5, 5.41) is 0. The Hall–Kier alpha value is -2.11. The van der Waals surface area contributed by atoms with Crippen LogP contribution in [0.25, 0.3) is 0 Å². The second-order valence-corrected chi connectivity index (χ2v) is 8.45. The molecule has 0 radical (unpaired) electrons. The molecule has 1 aliphatic rings. The highest BCUT2D eigenvalue weighted by Gasteiger charge is 2.33. The third-order valence-electron chi connectivity index (χ3n) is 6.10. The zero-order chi connectivity index (χ0) is 22.4. The molecule has 0 aromatic heterocycles. The van der Waals surface area contributed by atoms with Crippen molar-refractivity contribution in [2.24, 2.45) is 5.92 Å². The van der Waals surface area contributed by atoms with Gasteiger partial charge >= 0.3 is 6.36 Å². The van der Waals surface area contributed by atoms with Gasteiger partial charge in [-0.1, -0.05) is 44.4 Å². The van der Waals surface area contributed by atoms with Crippen LogP contribution in [0.4, 0.5) is 22.0 Å². The summed E-state index contributed by atoms with van der Waals surface area (Å²) in [4.78, 5) is 0. The van der Waals surface area contributed by atoms with Crippen molar-refractivity contribution in [2.45, 2.75) is 77.5 Å². The lowest BCUT2D eigenvalue weighted by Gasteiger charge is -2.26. The Morgan fingerprint density at radius 2 is 1.81 bits per heavy atom. The van der Waals surface area contributed by atoms with Crippen LogP contribution in [0.15, 0.2) is 30.3 Å². The molecule has 2 aromatic carbocycles. The molecule has 170 valence electrons. The Kier molecular flexibility index (Phi) is 7.95. The summed E-state index contributed by atoms with van der Waals surface area (Å²) in [5.41, 5.74) is 2.72. The number of rotatable bonds is 9. The van der Waals surface area contributed by atoms with E-state index in [9.17, 15) is 22.0 Å². The molecule has 0 N–H and O–H groups in total. The van der Waals surface area contributed by atoms with Gasteiger partial charge in [-0.05, 0) is 85.3 Å². The number of benzene rings is 2. The van der Waals surface area contributed by atoms with E-state index in [0.717, 1.165) is 37.3 Å². The summed E-state index contributed by atoms with van der Waals surface area (Å²) < 4.78 is 69.9. The average Bonchev–Trinajstić information content (AvgIpc) is 2.72. The van der Waals surface area contributed by atoms with Gasteiger partial charge in [0.2, 0.25) is 0 Å². The van der Waals surface area contributed by atoms with Crippen LogP contribution < -0.4 is 4.74 Å². The lowest BCUT2D eigenvalue weighted by molar-refractivity contribution is -0.275. The zero-order valence-electron chi connectivity index (χ0n) is 17.8. The lowest BCUT2D eigenvalue weighted by atomic mass is 9.80. The van der Waals surface area contributed by atoms with Crippen LogP contribution in [0.5, 0.6) is 5.75 Å². The molecule has 0 fully saturated rings. The highest BCUT2D eigenvalue weighted by Crippen LogP contribution is 2.35. The van der Waals surface area contributed by atoms with Gasteiger partial charge in [0.1, 0.15) is 5.82 Å². The smallest absolute Gasteiger partial charge is 0.403 e. The second kappa shape index (κ2) is 10.5. The molecule has 2 aromatic rings. The van der Waals surface area contributed by atoms with Gasteiger partial charge < -0.3 is 4.74 Å². The van der Waals surface area contributed by atoms with Gasteiger partial charge in [-0.2, -0.15) is 0 Å². The van der Waals surface area contributed by atoms with E-state index < -0.39 is 17.9 Å². The Morgan fingerprint density at radius 3 is 2.52 bits per heavy atom. The molecule has 0 saturated carbocycles. The van der Waals surface area contributed by atoms with E-state index in [-0.39, 0.29) is 11.7 Å². The first-order chi connectivity index (χ1) is 14.8. The summed E-state index contributed by atoms with van der Waals surface area (Å²) in [7, 11) is 0. The number of unbranched alkanes of at least 4 members (excludes halogenated alkanes) is 3. The van der Waals surface area contributed by atoms with Gasteiger partial charge in [0.15, 0.2) is 11.6 Å². The molecule has 31 heavy (non-hydrogen) atoms. The third kappa shape index (κ3) is 6.68. The van der Waals surface area contributed by atoms with E-state index in [0.29, 0.717) is 42.4 Å². The number of alkyl halides is 3. The summed E-state index contributed by atoms with van der Waals surface area (Å²) in [6, 6.07) is 8.05. The zero-order valence-corrected chi connectivity index (χ0v) is 17.8. The van der Waals surface area contributed by atoms with Crippen LogP contribution in [0.3, 0.4) is 0 Å². The number of halogens is 5. The molecule has 0 spiro atoms. The Labute approximate surface area is 180 Å². The first-order valence-corrected chi connectivity index (χ1v) is 11.1.